The number of amides is 1. The van der Waals surface area contributed by atoms with Crippen LogP contribution in [0, 0.1) is 0 Å². The first kappa shape index (κ1) is 18.6. The average Bonchev–Trinajstić information content (AvgIpc) is 3.16. The second-order valence-electron chi connectivity index (χ2n) is 6.64. The van der Waals surface area contributed by atoms with Gasteiger partial charge in [-0.05, 0) is 42.0 Å². The van der Waals surface area contributed by atoms with Crippen LogP contribution in [0.2, 0.25) is 0 Å². The Hall–Kier alpha value is -3.79. The number of benzene rings is 3. The van der Waals surface area contributed by atoms with Crippen molar-refractivity contribution >= 4 is 34.3 Å². The fourth-order valence-electron chi connectivity index (χ4n) is 3.37. The maximum atomic E-state index is 12.7. The van der Waals surface area contributed by atoms with Crippen LogP contribution in [0.25, 0.3) is 22.7 Å². The molecule has 0 aliphatic heterocycles. The lowest BCUT2D eigenvalue weighted by Crippen LogP contribution is -2.26. The van der Waals surface area contributed by atoms with Gasteiger partial charge in [0, 0.05) is 23.6 Å². The fourth-order valence-corrected chi connectivity index (χ4v) is 3.37. The second kappa shape index (κ2) is 8.07. The van der Waals surface area contributed by atoms with E-state index in [9.17, 15) is 4.79 Å². The molecule has 0 spiro atoms. The van der Waals surface area contributed by atoms with Crippen LogP contribution in [0.4, 0.5) is 5.69 Å². The van der Waals surface area contributed by atoms with Gasteiger partial charge in [-0.15, -0.1) is 0 Å². The molecule has 0 unspecified atom stereocenters. The predicted octanol–water partition coefficient (Wildman–Crippen LogP) is 5.99. The lowest BCUT2D eigenvalue weighted by molar-refractivity contribution is -0.115. The highest BCUT2D eigenvalue weighted by Crippen LogP contribution is 2.32. The van der Waals surface area contributed by atoms with E-state index in [2.05, 4.69) is 0 Å². The molecule has 4 nitrogen and oxygen atoms in total. The van der Waals surface area contributed by atoms with Crippen molar-refractivity contribution in [3.8, 4) is 5.75 Å². The van der Waals surface area contributed by atoms with Crippen LogP contribution in [0.1, 0.15) is 18.1 Å². The molecule has 0 radical (unpaired) electrons. The lowest BCUT2D eigenvalue weighted by atomic mass is 10.1. The number of rotatable bonds is 5. The first-order chi connectivity index (χ1) is 14.2. The summed E-state index contributed by atoms with van der Waals surface area (Å²) in [5, 5.41) is 0.925. The third-order valence-corrected chi connectivity index (χ3v) is 4.74. The van der Waals surface area contributed by atoms with Crippen molar-refractivity contribution in [2.75, 3.05) is 12.0 Å². The maximum absolute atomic E-state index is 12.7. The molecular weight excluding hydrogens is 362 g/mol. The van der Waals surface area contributed by atoms with Crippen LogP contribution < -0.4 is 9.64 Å². The molecule has 0 fully saturated rings. The topological polar surface area (TPSA) is 42.7 Å². The molecule has 1 heterocycles. The zero-order valence-corrected chi connectivity index (χ0v) is 16.3. The van der Waals surface area contributed by atoms with E-state index in [0.717, 1.165) is 39.2 Å². The Balaban J connectivity index is 1.93. The van der Waals surface area contributed by atoms with Gasteiger partial charge in [-0.3, -0.25) is 9.69 Å². The minimum absolute atomic E-state index is 0.0725. The Morgan fingerprint density at radius 1 is 0.966 bits per heavy atom. The number of furan rings is 1. The standard InChI is InChI=1S/C25H21NO3/c1-18(27)26(21-11-7-4-8-12-21)24(19-9-5-3-6-10-19)15-20-17-29-25-14-13-22(28-2)16-23(20)25/h3-17H,1-2H3/b24-15-. The minimum atomic E-state index is -0.0725. The van der Waals surface area contributed by atoms with E-state index in [1.165, 1.54) is 0 Å². The molecule has 4 heteroatoms. The van der Waals surface area contributed by atoms with Gasteiger partial charge in [-0.1, -0.05) is 48.5 Å². The third-order valence-electron chi connectivity index (χ3n) is 4.74. The van der Waals surface area contributed by atoms with Crippen LogP contribution in [0.15, 0.2) is 89.5 Å². The van der Waals surface area contributed by atoms with Crippen LogP contribution in [0.5, 0.6) is 5.75 Å². The lowest BCUT2D eigenvalue weighted by Gasteiger charge is -2.25. The summed E-state index contributed by atoms with van der Waals surface area (Å²) in [7, 11) is 1.64. The smallest absolute Gasteiger partial charge is 0.228 e. The Kier molecular flexibility index (Phi) is 5.16. The monoisotopic (exact) mass is 383 g/mol. The van der Waals surface area contributed by atoms with Crippen molar-refractivity contribution < 1.29 is 13.9 Å². The van der Waals surface area contributed by atoms with Crippen molar-refractivity contribution in [3.05, 3.63) is 96.3 Å². The highest BCUT2D eigenvalue weighted by molar-refractivity contribution is 6.09. The van der Waals surface area contributed by atoms with Gasteiger partial charge in [0.2, 0.25) is 5.91 Å². The quantitative estimate of drug-likeness (QED) is 0.425. The molecular formula is C25H21NO3. The molecule has 3 aromatic carbocycles. The van der Waals surface area contributed by atoms with Gasteiger partial charge in [0.05, 0.1) is 19.1 Å². The van der Waals surface area contributed by atoms with E-state index in [1.807, 2.05) is 84.9 Å². The zero-order valence-electron chi connectivity index (χ0n) is 16.3. The van der Waals surface area contributed by atoms with Crippen molar-refractivity contribution in [3.63, 3.8) is 0 Å². The molecule has 0 saturated heterocycles. The van der Waals surface area contributed by atoms with Crippen molar-refractivity contribution in [1.82, 2.24) is 0 Å². The van der Waals surface area contributed by atoms with Gasteiger partial charge >= 0.3 is 0 Å². The number of ether oxygens (including phenoxy) is 1. The Morgan fingerprint density at radius 3 is 2.31 bits per heavy atom. The molecule has 4 rings (SSSR count). The van der Waals surface area contributed by atoms with Gasteiger partial charge in [0.15, 0.2) is 0 Å². The van der Waals surface area contributed by atoms with Crippen LogP contribution in [-0.4, -0.2) is 13.0 Å². The average molecular weight is 383 g/mol. The number of carbonyl (C=O) groups is 1. The normalized spacial score (nSPS) is 11.4. The summed E-state index contributed by atoms with van der Waals surface area (Å²) in [6.07, 6.45) is 3.69. The van der Waals surface area contributed by atoms with E-state index in [1.54, 1.807) is 25.2 Å². The SMILES string of the molecule is COc1ccc2occ(/C=C(/c3ccccc3)N(C(C)=O)c3ccccc3)c2c1. The van der Waals surface area contributed by atoms with Crippen molar-refractivity contribution in [2.24, 2.45) is 0 Å². The second-order valence-corrected chi connectivity index (χ2v) is 6.64. The van der Waals surface area contributed by atoms with Gasteiger partial charge in [0.25, 0.3) is 0 Å². The fraction of sp³-hybridized carbons (Fsp3) is 0.0800. The van der Waals surface area contributed by atoms with E-state index in [4.69, 9.17) is 9.15 Å². The van der Waals surface area contributed by atoms with E-state index in [-0.39, 0.29) is 5.91 Å². The van der Waals surface area contributed by atoms with Gasteiger partial charge in [-0.2, -0.15) is 0 Å². The van der Waals surface area contributed by atoms with Crippen LogP contribution in [0.3, 0.4) is 0 Å². The first-order valence-electron chi connectivity index (χ1n) is 9.35. The summed E-state index contributed by atoms with van der Waals surface area (Å²) in [5.41, 5.74) is 4.15. The van der Waals surface area contributed by atoms with E-state index >= 15 is 0 Å². The molecule has 1 amide bonds. The summed E-state index contributed by atoms with van der Waals surface area (Å²) < 4.78 is 11.1. The summed E-state index contributed by atoms with van der Waals surface area (Å²) in [4.78, 5) is 14.4. The highest BCUT2D eigenvalue weighted by Gasteiger charge is 2.19. The number of carbonyl (C=O) groups excluding carboxylic acids is 1. The molecule has 0 saturated carbocycles. The molecule has 29 heavy (non-hydrogen) atoms. The number of para-hydroxylation sites is 1. The molecule has 144 valence electrons. The predicted molar refractivity (Wildman–Crippen MR) is 117 cm³/mol. The molecule has 1 aromatic heterocycles. The van der Waals surface area contributed by atoms with Crippen molar-refractivity contribution in [1.29, 1.82) is 0 Å². The number of hydrogen-bond acceptors (Lipinski definition) is 3. The third kappa shape index (κ3) is 3.78. The summed E-state index contributed by atoms with van der Waals surface area (Å²) in [6.45, 7) is 1.57. The Morgan fingerprint density at radius 2 is 1.66 bits per heavy atom. The van der Waals surface area contributed by atoms with Crippen LogP contribution >= 0.6 is 0 Å². The molecule has 0 atom stereocenters. The van der Waals surface area contributed by atoms with Gasteiger partial charge in [-0.25, -0.2) is 0 Å². The molecule has 0 N–H and O–H groups in total. The number of hydrogen-bond donors (Lipinski definition) is 0. The number of anilines is 1. The molecule has 0 bridgehead atoms. The first-order valence-corrected chi connectivity index (χ1v) is 9.35. The Labute approximate surface area is 169 Å². The van der Waals surface area contributed by atoms with E-state index in [0.29, 0.717) is 0 Å². The largest absolute Gasteiger partial charge is 0.497 e. The molecule has 0 aliphatic rings. The van der Waals surface area contributed by atoms with Gasteiger partial charge in [0.1, 0.15) is 11.3 Å². The van der Waals surface area contributed by atoms with Gasteiger partial charge < -0.3 is 9.15 Å². The number of nitrogens with zero attached hydrogens (tertiary/aromatic N) is 1. The number of fused-ring (bicyclic) bond motifs is 1. The maximum Gasteiger partial charge on any atom is 0.228 e. The zero-order chi connectivity index (χ0) is 20.2. The van der Waals surface area contributed by atoms with Crippen molar-refractivity contribution in [2.45, 2.75) is 6.92 Å². The summed E-state index contributed by atoms with van der Waals surface area (Å²) >= 11 is 0. The highest BCUT2D eigenvalue weighted by atomic mass is 16.5. The number of methoxy groups -OCH3 is 1. The van der Waals surface area contributed by atoms with Crippen LogP contribution in [-0.2, 0) is 4.79 Å². The molecule has 0 aliphatic carbocycles. The Bertz CT molecular complexity index is 1160. The summed E-state index contributed by atoms with van der Waals surface area (Å²) in [6, 6.07) is 25.2. The minimum Gasteiger partial charge on any atom is -0.497 e. The molecule has 4 aromatic rings. The van der Waals surface area contributed by atoms with E-state index < -0.39 is 0 Å². The summed E-state index contributed by atoms with van der Waals surface area (Å²) in [5.74, 6) is 0.679.